The molecule has 0 aromatic heterocycles. The minimum Gasteiger partial charge on any atom is -0.357 e. The average Bonchev–Trinajstić information content (AvgIpc) is 2.55. The van der Waals surface area contributed by atoms with E-state index in [1.54, 1.807) is 42.5 Å². The Bertz CT molecular complexity index is 922. The van der Waals surface area contributed by atoms with Gasteiger partial charge in [0.1, 0.15) is 23.9 Å². The highest BCUT2D eigenvalue weighted by Gasteiger charge is 2.27. The molecule has 1 aliphatic rings. The largest absolute Gasteiger partial charge is 0.357 e. The van der Waals surface area contributed by atoms with Crippen LogP contribution in [0.1, 0.15) is 26.7 Å². The molecule has 130 valence electrons. The molecule has 1 aliphatic carbocycles. The maximum Gasteiger partial charge on any atom is 0.163 e. The van der Waals surface area contributed by atoms with E-state index in [1.807, 2.05) is 13.8 Å². The third-order valence-electron chi connectivity index (χ3n) is 3.78. The Labute approximate surface area is 157 Å². The van der Waals surface area contributed by atoms with E-state index in [2.05, 4.69) is 10.6 Å². The van der Waals surface area contributed by atoms with Gasteiger partial charge in [-0.15, -0.1) is 0 Å². The quantitative estimate of drug-likeness (QED) is 0.770. The van der Waals surface area contributed by atoms with Gasteiger partial charge < -0.3 is 10.6 Å². The number of hydrogen-bond donors (Lipinski definition) is 2. The summed E-state index contributed by atoms with van der Waals surface area (Å²) >= 11 is 6.04. The van der Waals surface area contributed by atoms with Gasteiger partial charge in [-0.1, -0.05) is 25.4 Å². The third kappa shape index (κ3) is 4.63. The Morgan fingerprint density at radius 2 is 1.81 bits per heavy atom. The number of anilines is 2. The lowest BCUT2D eigenvalue weighted by atomic mass is 9.79. The van der Waals surface area contributed by atoms with E-state index in [-0.39, 0.29) is 22.5 Å². The standard InChI is InChI=1S/C19H16ClN5O/c1-19(2)7-14(6-15(26)8-19)24-16-4-3-13(20)5-17(16)25-18(11-23)12(9-21)10-22/h3-6,24-25H,7-8H2,1-2H3. The summed E-state index contributed by atoms with van der Waals surface area (Å²) < 4.78 is 0. The molecule has 1 aromatic carbocycles. The topological polar surface area (TPSA) is 112 Å². The Kier molecular flexibility index (Phi) is 5.68. The van der Waals surface area contributed by atoms with Gasteiger partial charge in [-0.3, -0.25) is 4.79 Å². The molecule has 0 saturated carbocycles. The van der Waals surface area contributed by atoms with Crippen molar-refractivity contribution in [3.05, 3.63) is 46.3 Å². The highest BCUT2D eigenvalue weighted by molar-refractivity contribution is 6.31. The van der Waals surface area contributed by atoms with Crippen molar-refractivity contribution in [3.63, 3.8) is 0 Å². The van der Waals surface area contributed by atoms with Crippen LogP contribution in [0.15, 0.2) is 41.2 Å². The molecule has 1 aromatic rings. The van der Waals surface area contributed by atoms with E-state index >= 15 is 0 Å². The molecule has 0 spiro atoms. The first-order valence-corrected chi connectivity index (χ1v) is 8.17. The zero-order chi connectivity index (χ0) is 19.3. The van der Waals surface area contributed by atoms with Crippen molar-refractivity contribution in [2.45, 2.75) is 26.7 Å². The normalized spacial score (nSPS) is 14.9. The molecule has 0 radical (unpaired) electrons. The van der Waals surface area contributed by atoms with Gasteiger partial charge >= 0.3 is 0 Å². The second-order valence-corrected chi connectivity index (χ2v) is 7.12. The van der Waals surface area contributed by atoms with Crippen molar-refractivity contribution in [3.8, 4) is 18.2 Å². The molecule has 0 saturated heterocycles. The van der Waals surface area contributed by atoms with Crippen LogP contribution in [0.4, 0.5) is 11.4 Å². The maximum atomic E-state index is 11.9. The summed E-state index contributed by atoms with van der Waals surface area (Å²) in [5.41, 5.74) is 1.10. The van der Waals surface area contributed by atoms with Crippen LogP contribution in [0.2, 0.25) is 5.02 Å². The second-order valence-electron chi connectivity index (χ2n) is 6.68. The monoisotopic (exact) mass is 365 g/mol. The van der Waals surface area contributed by atoms with Crippen LogP contribution in [0.25, 0.3) is 0 Å². The van der Waals surface area contributed by atoms with E-state index in [0.29, 0.717) is 29.2 Å². The number of rotatable bonds is 4. The van der Waals surface area contributed by atoms with Gasteiger partial charge in [-0.25, -0.2) is 0 Å². The van der Waals surface area contributed by atoms with Crippen molar-refractivity contribution in [1.29, 1.82) is 15.8 Å². The summed E-state index contributed by atoms with van der Waals surface area (Å²) in [5.74, 6) is 0.0427. The highest BCUT2D eigenvalue weighted by atomic mass is 35.5. The smallest absolute Gasteiger partial charge is 0.163 e. The zero-order valence-electron chi connectivity index (χ0n) is 14.4. The summed E-state index contributed by atoms with van der Waals surface area (Å²) in [6.07, 6.45) is 2.74. The molecular formula is C19H16ClN5O. The maximum absolute atomic E-state index is 11.9. The third-order valence-corrected chi connectivity index (χ3v) is 4.01. The number of allylic oxidation sites excluding steroid dienone is 4. The first-order chi connectivity index (χ1) is 12.3. The van der Waals surface area contributed by atoms with Gasteiger partial charge in [-0.05, 0) is 30.0 Å². The lowest BCUT2D eigenvalue weighted by molar-refractivity contribution is -0.117. The SMILES string of the molecule is CC1(C)CC(=O)C=C(Nc2ccc(Cl)cc2NC(C#N)=C(C#N)C#N)C1. The van der Waals surface area contributed by atoms with Crippen LogP contribution in [0.5, 0.6) is 0 Å². The van der Waals surface area contributed by atoms with Crippen molar-refractivity contribution >= 4 is 28.8 Å². The molecule has 0 atom stereocenters. The molecule has 0 heterocycles. The molecule has 0 fully saturated rings. The lowest BCUT2D eigenvalue weighted by Gasteiger charge is -2.29. The van der Waals surface area contributed by atoms with Gasteiger partial charge in [0, 0.05) is 23.2 Å². The molecule has 2 rings (SSSR count). The highest BCUT2D eigenvalue weighted by Crippen LogP contribution is 2.36. The summed E-state index contributed by atoms with van der Waals surface area (Å²) in [6, 6.07) is 10.1. The van der Waals surface area contributed by atoms with E-state index < -0.39 is 0 Å². The van der Waals surface area contributed by atoms with E-state index in [4.69, 9.17) is 22.1 Å². The fraction of sp³-hybridized carbons (Fsp3) is 0.263. The molecule has 2 N–H and O–H groups in total. The fourth-order valence-corrected chi connectivity index (χ4v) is 2.92. The number of carbonyl (C=O) groups excluding carboxylic acids is 1. The number of nitrogens with zero attached hydrogens (tertiary/aromatic N) is 3. The van der Waals surface area contributed by atoms with Crippen LogP contribution in [0, 0.1) is 39.4 Å². The van der Waals surface area contributed by atoms with Gasteiger partial charge in [-0.2, -0.15) is 15.8 Å². The zero-order valence-corrected chi connectivity index (χ0v) is 15.1. The number of ketones is 1. The van der Waals surface area contributed by atoms with Gasteiger partial charge in [0.05, 0.1) is 11.4 Å². The van der Waals surface area contributed by atoms with Crippen LogP contribution >= 0.6 is 11.6 Å². The molecule has 26 heavy (non-hydrogen) atoms. The Morgan fingerprint density at radius 3 is 2.38 bits per heavy atom. The van der Waals surface area contributed by atoms with Crippen molar-refractivity contribution < 1.29 is 4.79 Å². The first kappa shape index (κ1) is 19.1. The summed E-state index contributed by atoms with van der Waals surface area (Å²) in [6.45, 7) is 4.03. The molecule has 6 nitrogen and oxygen atoms in total. The van der Waals surface area contributed by atoms with Crippen LogP contribution < -0.4 is 10.6 Å². The van der Waals surface area contributed by atoms with Crippen LogP contribution in [-0.2, 0) is 4.79 Å². The van der Waals surface area contributed by atoms with E-state index in [0.717, 1.165) is 5.70 Å². The van der Waals surface area contributed by atoms with Crippen LogP contribution in [0.3, 0.4) is 0 Å². The van der Waals surface area contributed by atoms with Crippen LogP contribution in [-0.4, -0.2) is 5.78 Å². The Balaban J connectivity index is 2.39. The number of halogens is 1. The Morgan fingerprint density at radius 1 is 1.12 bits per heavy atom. The number of nitriles is 3. The van der Waals surface area contributed by atoms with Crippen molar-refractivity contribution in [2.75, 3.05) is 10.6 Å². The number of carbonyl (C=O) groups is 1. The summed E-state index contributed by atoms with van der Waals surface area (Å²) in [5, 5.41) is 33.5. The lowest BCUT2D eigenvalue weighted by Crippen LogP contribution is -2.24. The number of benzene rings is 1. The second kappa shape index (κ2) is 7.74. The average molecular weight is 366 g/mol. The fourth-order valence-electron chi connectivity index (χ4n) is 2.75. The number of nitrogens with one attached hydrogen (secondary N) is 2. The van der Waals surface area contributed by atoms with E-state index in [9.17, 15) is 10.1 Å². The minimum absolute atomic E-state index is 0.0427. The van der Waals surface area contributed by atoms with Crippen molar-refractivity contribution in [1.82, 2.24) is 0 Å². The predicted molar refractivity (Wildman–Crippen MR) is 98.7 cm³/mol. The van der Waals surface area contributed by atoms with Crippen molar-refractivity contribution in [2.24, 2.45) is 5.41 Å². The van der Waals surface area contributed by atoms with Gasteiger partial charge in [0.25, 0.3) is 0 Å². The molecule has 7 heteroatoms. The summed E-state index contributed by atoms with van der Waals surface area (Å²) in [7, 11) is 0. The number of hydrogen-bond acceptors (Lipinski definition) is 6. The molecule has 0 aliphatic heterocycles. The molecule has 0 amide bonds. The molecule has 0 unspecified atom stereocenters. The van der Waals surface area contributed by atoms with E-state index in [1.165, 1.54) is 0 Å². The Hall–Kier alpha value is -3.27. The van der Waals surface area contributed by atoms with Gasteiger partial charge in [0.2, 0.25) is 0 Å². The molecule has 0 bridgehead atoms. The van der Waals surface area contributed by atoms with Gasteiger partial charge in [0.15, 0.2) is 11.4 Å². The first-order valence-electron chi connectivity index (χ1n) is 7.79. The predicted octanol–water partition coefficient (Wildman–Crippen LogP) is 4.26. The molecular weight excluding hydrogens is 350 g/mol. The minimum atomic E-state index is -0.327. The summed E-state index contributed by atoms with van der Waals surface area (Å²) in [4.78, 5) is 11.9.